The van der Waals surface area contributed by atoms with Gasteiger partial charge in [0.05, 0.1) is 25.4 Å². The van der Waals surface area contributed by atoms with E-state index in [0.717, 1.165) is 51.4 Å². The molecule has 7 unspecified atom stereocenters. The van der Waals surface area contributed by atoms with E-state index in [2.05, 4.69) is 67.8 Å². The highest BCUT2D eigenvalue weighted by molar-refractivity contribution is 5.76. The first-order valence-corrected chi connectivity index (χ1v) is 34.5. The second-order valence-corrected chi connectivity index (χ2v) is 24.0. The molecule has 7 atom stereocenters. The average Bonchev–Trinajstić information content (AvgIpc) is 3.46. The molecular formula is C71H131NO8. The molecule has 1 fully saturated rings. The van der Waals surface area contributed by atoms with Crippen molar-refractivity contribution in [2.24, 2.45) is 0 Å². The Kier molecular flexibility index (Phi) is 57.0. The number of unbranched alkanes of at least 4 members (excludes halogenated alkanes) is 42. The molecule has 1 saturated heterocycles. The molecule has 9 heteroatoms. The highest BCUT2D eigenvalue weighted by atomic mass is 16.7. The van der Waals surface area contributed by atoms with E-state index in [4.69, 9.17) is 9.47 Å². The van der Waals surface area contributed by atoms with Crippen molar-refractivity contribution >= 4 is 5.91 Å². The topological polar surface area (TPSA) is 149 Å². The standard InChI is InChI=1S/C71H131NO8/c1-3-5-7-9-11-13-15-17-19-21-23-25-27-29-31-33-35-37-39-41-43-45-47-49-51-53-55-57-59-61-67(75)72-64(63-79-71-70(78)69(77)68(76)66(62-73)80-71)65(74)60-58-56-54-52-50-48-46-44-42-40-38-36-34-32-30-28-26-24-22-20-18-16-14-12-10-8-6-4-2/h15,17,21,23,27,29,50,52,58,60,64-66,68-71,73-74,76-78H,3-14,16,18-20,22,24-26,28,30-49,51,53-57,59,61-63H2,1-2H3,(H,72,75)/b17-15-,23-21-,29-27-,52-50+,60-58+. The van der Waals surface area contributed by atoms with E-state index in [-0.39, 0.29) is 12.5 Å². The van der Waals surface area contributed by atoms with Crippen molar-refractivity contribution in [3.8, 4) is 0 Å². The molecule has 0 aromatic rings. The van der Waals surface area contributed by atoms with Gasteiger partial charge in [-0.3, -0.25) is 4.79 Å². The molecule has 468 valence electrons. The van der Waals surface area contributed by atoms with Gasteiger partial charge in [0.2, 0.25) is 5.91 Å². The van der Waals surface area contributed by atoms with Crippen molar-refractivity contribution in [3.05, 3.63) is 60.8 Å². The number of hydrogen-bond donors (Lipinski definition) is 6. The zero-order valence-corrected chi connectivity index (χ0v) is 52.3. The lowest BCUT2D eigenvalue weighted by atomic mass is 9.99. The van der Waals surface area contributed by atoms with Gasteiger partial charge in [-0.25, -0.2) is 0 Å². The van der Waals surface area contributed by atoms with Gasteiger partial charge in [-0.2, -0.15) is 0 Å². The van der Waals surface area contributed by atoms with Crippen molar-refractivity contribution in [2.45, 2.75) is 371 Å². The third kappa shape index (κ3) is 48.3. The third-order valence-corrected chi connectivity index (χ3v) is 16.3. The summed E-state index contributed by atoms with van der Waals surface area (Å²) >= 11 is 0. The summed E-state index contributed by atoms with van der Waals surface area (Å²) in [4.78, 5) is 13.1. The van der Waals surface area contributed by atoms with Gasteiger partial charge in [-0.1, -0.05) is 312 Å². The number of amides is 1. The van der Waals surface area contributed by atoms with Crippen molar-refractivity contribution < 1.29 is 39.8 Å². The van der Waals surface area contributed by atoms with Gasteiger partial charge in [0.25, 0.3) is 0 Å². The fourth-order valence-electron chi connectivity index (χ4n) is 10.9. The number of aliphatic hydroxyl groups excluding tert-OH is 5. The lowest BCUT2D eigenvalue weighted by Gasteiger charge is -2.40. The summed E-state index contributed by atoms with van der Waals surface area (Å²) in [5, 5.41) is 54.7. The monoisotopic (exact) mass is 1130 g/mol. The van der Waals surface area contributed by atoms with Crippen molar-refractivity contribution in [1.82, 2.24) is 5.32 Å². The van der Waals surface area contributed by atoms with Crippen molar-refractivity contribution in [2.75, 3.05) is 13.2 Å². The molecule has 9 nitrogen and oxygen atoms in total. The molecule has 0 radical (unpaired) electrons. The van der Waals surface area contributed by atoms with Gasteiger partial charge in [0.1, 0.15) is 24.4 Å². The predicted octanol–water partition coefficient (Wildman–Crippen LogP) is 18.6. The molecule has 0 aromatic heterocycles. The summed E-state index contributed by atoms with van der Waals surface area (Å²) in [6.45, 7) is 3.79. The van der Waals surface area contributed by atoms with Gasteiger partial charge < -0.3 is 40.3 Å². The highest BCUT2D eigenvalue weighted by Crippen LogP contribution is 2.23. The molecule has 1 aliphatic heterocycles. The first-order chi connectivity index (χ1) is 39.3. The Morgan fingerprint density at radius 3 is 1.14 bits per heavy atom. The fraction of sp³-hybridized carbons (Fsp3) is 0.845. The number of aliphatic hydroxyl groups is 5. The van der Waals surface area contributed by atoms with E-state index in [1.807, 2.05) is 6.08 Å². The van der Waals surface area contributed by atoms with E-state index in [1.54, 1.807) is 6.08 Å². The van der Waals surface area contributed by atoms with Gasteiger partial charge in [0, 0.05) is 6.42 Å². The number of carbonyl (C=O) groups is 1. The molecule has 6 N–H and O–H groups in total. The Labute approximate surface area is 494 Å². The molecule has 80 heavy (non-hydrogen) atoms. The van der Waals surface area contributed by atoms with Crippen LogP contribution in [0.1, 0.15) is 328 Å². The van der Waals surface area contributed by atoms with E-state index in [9.17, 15) is 30.3 Å². The Bertz CT molecular complexity index is 1450. The van der Waals surface area contributed by atoms with Gasteiger partial charge >= 0.3 is 0 Å². The lowest BCUT2D eigenvalue weighted by molar-refractivity contribution is -0.302. The Balaban J connectivity index is 2.17. The van der Waals surface area contributed by atoms with Crippen LogP contribution >= 0.6 is 0 Å². The Morgan fingerprint density at radius 1 is 0.425 bits per heavy atom. The van der Waals surface area contributed by atoms with Crippen LogP contribution in [0.25, 0.3) is 0 Å². The molecule has 0 aromatic carbocycles. The van der Waals surface area contributed by atoms with E-state index >= 15 is 0 Å². The minimum atomic E-state index is -1.57. The van der Waals surface area contributed by atoms with Crippen LogP contribution in [-0.4, -0.2) is 87.5 Å². The van der Waals surface area contributed by atoms with Crippen LogP contribution in [0.5, 0.6) is 0 Å². The summed E-state index contributed by atoms with van der Waals surface area (Å²) in [7, 11) is 0. The molecule has 1 heterocycles. The molecule has 1 aliphatic rings. The number of allylic oxidation sites excluding steroid dienone is 9. The molecule has 1 amide bonds. The average molecular weight is 1130 g/mol. The maximum absolute atomic E-state index is 13.1. The number of nitrogens with one attached hydrogen (secondary N) is 1. The molecule has 1 rings (SSSR count). The van der Waals surface area contributed by atoms with Crippen molar-refractivity contribution in [3.63, 3.8) is 0 Å². The molecule has 0 saturated carbocycles. The fourth-order valence-corrected chi connectivity index (χ4v) is 10.9. The van der Waals surface area contributed by atoms with E-state index in [0.29, 0.717) is 6.42 Å². The zero-order valence-electron chi connectivity index (χ0n) is 52.3. The molecule has 0 spiro atoms. The zero-order chi connectivity index (χ0) is 57.9. The van der Waals surface area contributed by atoms with Gasteiger partial charge in [-0.15, -0.1) is 0 Å². The minimum absolute atomic E-state index is 0.184. The van der Waals surface area contributed by atoms with Crippen molar-refractivity contribution in [1.29, 1.82) is 0 Å². The number of rotatable bonds is 60. The first kappa shape index (κ1) is 75.9. The Hall–Kier alpha value is -2.11. The molecule has 0 aliphatic carbocycles. The number of hydrogen-bond acceptors (Lipinski definition) is 8. The van der Waals surface area contributed by atoms with Crippen LogP contribution in [-0.2, 0) is 14.3 Å². The smallest absolute Gasteiger partial charge is 0.220 e. The summed E-state index contributed by atoms with van der Waals surface area (Å²) in [6.07, 6.45) is 76.1. The lowest BCUT2D eigenvalue weighted by Crippen LogP contribution is -2.60. The normalized spacial score (nSPS) is 18.8. The number of carbonyl (C=O) groups excluding carboxylic acids is 1. The first-order valence-electron chi connectivity index (χ1n) is 34.5. The van der Waals surface area contributed by atoms with Gasteiger partial charge in [0.15, 0.2) is 6.29 Å². The summed E-state index contributed by atoms with van der Waals surface area (Å²) in [5.41, 5.74) is 0. The summed E-state index contributed by atoms with van der Waals surface area (Å²) in [6, 6.07) is -0.826. The number of ether oxygens (including phenoxy) is 2. The molecular weight excluding hydrogens is 995 g/mol. The minimum Gasteiger partial charge on any atom is -0.394 e. The highest BCUT2D eigenvalue weighted by Gasteiger charge is 2.44. The van der Waals surface area contributed by atoms with Crippen LogP contribution < -0.4 is 5.32 Å². The second kappa shape index (κ2) is 60.0. The SMILES string of the molecule is CCCCCCC/C=C\C/C=C\C/C=C\CCCCCCCCCCCCCCCCC(=O)NC(COC1OC(CO)C(O)C(O)C1O)C(O)/C=C/CC/C=C/CCCCCCCCCCCCCCCCCCCCCCCC. The third-order valence-electron chi connectivity index (χ3n) is 16.3. The Morgan fingerprint density at radius 2 is 0.750 bits per heavy atom. The second-order valence-electron chi connectivity index (χ2n) is 24.0. The van der Waals surface area contributed by atoms with Crippen LogP contribution in [0.3, 0.4) is 0 Å². The maximum atomic E-state index is 13.1. The summed E-state index contributed by atoms with van der Waals surface area (Å²) in [5.74, 6) is -0.184. The predicted molar refractivity (Wildman–Crippen MR) is 341 cm³/mol. The largest absolute Gasteiger partial charge is 0.394 e. The van der Waals surface area contributed by atoms with Gasteiger partial charge in [-0.05, 0) is 70.6 Å². The van der Waals surface area contributed by atoms with Crippen LogP contribution in [0.4, 0.5) is 0 Å². The van der Waals surface area contributed by atoms with Crippen LogP contribution in [0, 0.1) is 0 Å². The molecule has 0 bridgehead atoms. The quantitative estimate of drug-likeness (QED) is 0.0261. The van der Waals surface area contributed by atoms with E-state index in [1.165, 1.54) is 257 Å². The summed E-state index contributed by atoms with van der Waals surface area (Å²) < 4.78 is 11.3. The van der Waals surface area contributed by atoms with Crippen LogP contribution in [0.2, 0.25) is 0 Å². The van der Waals surface area contributed by atoms with E-state index < -0.39 is 49.5 Å². The maximum Gasteiger partial charge on any atom is 0.220 e. The van der Waals surface area contributed by atoms with Crippen LogP contribution in [0.15, 0.2) is 60.8 Å².